The monoisotopic (exact) mass is 182 g/mol. The van der Waals surface area contributed by atoms with Gasteiger partial charge in [0.15, 0.2) is 0 Å². The molecule has 0 aliphatic heterocycles. The summed E-state index contributed by atoms with van der Waals surface area (Å²) in [6.45, 7) is 7.78. The Kier molecular flexibility index (Phi) is 7.60. The van der Waals surface area contributed by atoms with Crippen LogP contribution in [0, 0.1) is 5.92 Å². The van der Waals surface area contributed by atoms with Crippen LogP contribution >= 0.6 is 0 Å². The second-order valence-corrected chi connectivity index (χ2v) is 3.53. The van der Waals surface area contributed by atoms with Crippen LogP contribution in [0.15, 0.2) is 17.1 Å². The number of hydrogen-bond donors (Lipinski definition) is 1. The maximum absolute atomic E-state index is 5.44. The van der Waals surface area contributed by atoms with E-state index >= 15 is 0 Å². The van der Waals surface area contributed by atoms with Crippen LogP contribution in [-0.4, -0.2) is 18.8 Å². The van der Waals surface area contributed by atoms with E-state index < -0.39 is 0 Å². The van der Waals surface area contributed by atoms with Gasteiger partial charge in [-0.3, -0.25) is 4.99 Å². The van der Waals surface area contributed by atoms with Gasteiger partial charge in [-0.05, 0) is 32.6 Å². The lowest BCUT2D eigenvalue weighted by atomic mass is 10.1. The Labute approximate surface area is 81.9 Å². The van der Waals surface area contributed by atoms with Crippen molar-refractivity contribution in [2.24, 2.45) is 16.6 Å². The van der Waals surface area contributed by atoms with E-state index in [0.717, 1.165) is 18.7 Å². The topological polar surface area (TPSA) is 38.4 Å². The molecule has 0 spiro atoms. The summed E-state index contributed by atoms with van der Waals surface area (Å²) in [5, 5.41) is 0. The first kappa shape index (κ1) is 12.4. The summed E-state index contributed by atoms with van der Waals surface area (Å²) in [7, 11) is 0. The molecule has 0 saturated carbocycles. The molecule has 0 aliphatic rings. The van der Waals surface area contributed by atoms with E-state index in [2.05, 4.69) is 31.0 Å². The standard InChI is InChI=1S/C11H22N2/c1-4-5-6-7-10(2)9-13-11(3)8-12/h4-5,10H,6-9,12H2,1-3H3/b5-4-,13-11+. The minimum Gasteiger partial charge on any atom is -0.326 e. The van der Waals surface area contributed by atoms with Gasteiger partial charge in [-0.25, -0.2) is 0 Å². The maximum atomic E-state index is 5.44. The molecule has 0 aromatic heterocycles. The Morgan fingerprint density at radius 3 is 2.77 bits per heavy atom. The molecule has 76 valence electrons. The van der Waals surface area contributed by atoms with E-state index in [1.54, 1.807) is 0 Å². The maximum Gasteiger partial charge on any atom is 0.0414 e. The molecule has 1 unspecified atom stereocenters. The summed E-state index contributed by atoms with van der Waals surface area (Å²) in [6, 6.07) is 0. The van der Waals surface area contributed by atoms with Gasteiger partial charge in [0.1, 0.15) is 0 Å². The van der Waals surface area contributed by atoms with E-state index in [4.69, 9.17) is 5.73 Å². The molecule has 1 atom stereocenters. The molecule has 0 fully saturated rings. The fourth-order valence-corrected chi connectivity index (χ4v) is 1.01. The third-order valence-electron chi connectivity index (χ3n) is 2.03. The molecule has 0 amide bonds. The highest BCUT2D eigenvalue weighted by Crippen LogP contribution is 2.06. The highest BCUT2D eigenvalue weighted by molar-refractivity contribution is 5.83. The van der Waals surface area contributed by atoms with Crippen molar-refractivity contribution in [3.05, 3.63) is 12.2 Å². The molecule has 0 saturated heterocycles. The van der Waals surface area contributed by atoms with Gasteiger partial charge in [0.05, 0.1) is 0 Å². The highest BCUT2D eigenvalue weighted by Gasteiger charge is 1.98. The smallest absolute Gasteiger partial charge is 0.0414 e. The second-order valence-electron chi connectivity index (χ2n) is 3.53. The average Bonchev–Trinajstić information content (AvgIpc) is 2.14. The number of hydrogen-bond acceptors (Lipinski definition) is 2. The van der Waals surface area contributed by atoms with Crippen molar-refractivity contribution in [3.8, 4) is 0 Å². The molecule has 0 bridgehead atoms. The van der Waals surface area contributed by atoms with Gasteiger partial charge < -0.3 is 5.73 Å². The molecule has 2 nitrogen and oxygen atoms in total. The molecule has 13 heavy (non-hydrogen) atoms. The van der Waals surface area contributed by atoms with Crippen molar-refractivity contribution in [1.82, 2.24) is 0 Å². The van der Waals surface area contributed by atoms with Gasteiger partial charge in [-0.1, -0.05) is 19.1 Å². The highest BCUT2D eigenvalue weighted by atomic mass is 14.8. The van der Waals surface area contributed by atoms with Crippen LogP contribution in [0.3, 0.4) is 0 Å². The van der Waals surface area contributed by atoms with Gasteiger partial charge in [0, 0.05) is 18.8 Å². The molecule has 0 heterocycles. The molecular formula is C11H22N2. The lowest BCUT2D eigenvalue weighted by molar-refractivity contribution is 0.551. The first-order chi connectivity index (χ1) is 6.20. The number of rotatable bonds is 6. The van der Waals surface area contributed by atoms with Crippen LogP contribution in [0.4, 0.5) is 0 Å². The summed E-state index contributed by atoms with van der Waals surface area (Å²) < 4.78 is 0. The zero-order valence-electron chi connectivity index (χ0n) is 9.09. The van der Waals surface area contributed by atoms with Gasteiger partial charge in [0.25, 0.3) is 0 Å². The van der Waals surface area contributed by atoms with Crippen LogP contribution < -0.4 is 5.73 Å². The van der Waals surface area contributed by atoms with Gasteiger partial charge in [0.2, 0.25) is 0 Å². The Bertz CT molecular complexity index is 171. The predicted molar refractivity (Wildman–Crippen MR) is 60.2 cm³/mol. The average molecular weight is 182 g/mol. The van der Waals surface area contributed by atoms with Crippen molar-refractivity contribution >= 4 is 5.71 Å². The Morgan fingerprint density at radius 2 is 2.23 bits per heavy atom. The fraction of sp³-hybridized carbons (Fsp3) is 0.727. The summed E-state index contributed by atoms with van der Waals surface area (Å²) in [5.41, 5.74) is 6.49. The van der Waals surface area contributed by atoms with Crippen molar-refractivity contribution in [3.63, 3.8) is 0 Å². The van der Waals surface area contributed by atoms with Gasteiger partial charge in [-0.2, -0.15) is 0 Å². The minimum absolute atomic E-state index is 0.585. The predicted octanol–water partition coefficient (Wildman–Crippen LogP) is 2.40. The van der Waals surface area contributed by atoms with Crippen molar-refractivity contribution < 1.29 is 0 Å². The Hall–Kier alpha value is -0.630. The quantitative estimate of drug-likeness (QED) is 0.497. The molecule has 0 radical (unpaired) electrons. The first-order valence-corrected chi connectivity index (χ1v) is 5.01. The lowest BCUT2D eigenvalue weighted by Crippen LogP contribution is -2.11. The van der Waals surface area contributed by atoms with Crippen LogP contribution in [-0.2, 0) is 0 Å². The van der Waals surface area contributed by atoms with E-state index in [1.807, 2.05) is 6.92 Å². The second kappa shape index (κ2) is 7.99. The van der Waals surface area contributed by atoms with Crippen LogP contribution in [0.2, 0.25) is 0 Å². The number of nitrogens with two attached hydrogens (primary N) is 1. The van der Waals surface area contributed by atoms with E-state index in [-0.39, 0.29) is 0 Å². The zero-order valence-corrected chi connectivity index (χ0v) is 9.09. The number of nitrogens with zero attached hydrogens (tertiary/aromatic N) is 1. The fourth-order valence-electron chi connectivity index (χ4n) is 1.01. The molecule has 2 heteroatoms. The molecule has 0 aliphatic carbocycles. The van der Waals surface area contributed by atoms with Crippen LogP contribution in [0.5, 0.6) is 0 Å². The third kappa shape index (κ3) is 7.72. The van der Waals surface area contributed by atoms with Crippen molar-refractivity contribution in [2.75, 3.05) is 13.1 Å². The molecule has 0 aromatic carbocycles. The third-order valence-corrected chi connectivity index (χ3v) is 2.03. The van der Waals surface area contributed by atoms with Gasteiger partial charge in [-0.15, -0.1) is 0 Å². The summed E-state index contributed by atoms with van der Waals surface area (Å²) in [4.78, 5) is 4.39. The SMILES string of the molecule is C/C=C\CCC(C)C/N=C(\C)CN. The summed E-state index contributed by atoms with van der Waals surface area (Å²) in [5.74, 6) is 0.665. The summed E-state index contributed by atoms with van der Waals surface area (Å²) >= 11 is 0. The van der Waals surface area contributed by atoms with E-state index in [1.165, 1.54) is 6.42 Å². The molecule has 0 aromatic rings. The minimum atomic E-state index is 0.585. The number of allylic oxidation sites excluding steroid dienone is 2. The Balaban J connectivity index is 3.56. The summed E-state index contributed by atoms with van der Waals surface area (Å²) in [6.07, 6.45) is 6.68. The Morgan fingerprint density at radius 1 is 1.54 bits per heavy atom. The lowest BCUT2D eigenvalue weighted by Gasteiger charge is -2.06. The van der Waals surface area contributed by atoms with Crippen LogP contribution in [0.1, 0.15) is 33.6 Å². The molecule has 0 rings (SSSR count). The largest absolute Gasteiger partial charge is 0.326 e. The van der Waals surface area contributed by atoms with Gasteiger partial charge >= 0.3 is 0 Å². The molecular weight excluding hydrogens is 160 g/mol. The first-order valence-electron chi connectivity index (χ1n) is 5.01. The molecule has 2 N–H and O–H groups in total. The normalized spacial score (nSPS) is 15.2. The van der Waals surface area contributed by atoms with Crippen LogP contribution in [0.25, 0.3) is 0 Å². The van der Waals surface area contributed by atoms with E-state index in [9.17, 15) is 0 Å². The van der Waals surface area contributed by atoms with Crippen molar-refractivity contribution in [2.45, 2.75) is 33.6 Å². The zero-order chi connectivity index (χ0) is 10.1. The van der Waals surface area contributed by atoms with E-state index in [0.29, 0.717) is 12.5 Å². The van der Waals surface area contributed by atoms with Crippen molar-refractivity contribution in [1.29, 1.82) is 0 Å². The number of aliphatic imine (C=N–C) groups is 1.